The molecule has 2 heteroatoms. The molecule has 2 rings (SSSR count). The molecule has 0 saturated heterocycles. The molecule has 0 N–H and O–H groups in total. The zero-order valence-electron chi connectivity index (χ0n) is 10.5. The maximum atomic E-state index is 4.33. The minimum absolute atomic E-state index is 0.803. The second kappa shape index (κ2) is 5.58. The molecule has 17 heavy (non-hydrogen) atoms. The molecule has 1 aromatic heterocycles. The predicted octanol–water partition coefficient (Wildman–Crippen LogP) is 3.79. The summed E-state index contributed by atoms with van der Waals surface area (Å²) in [6.45, 7) is 4.21. The van der Waals surface area contributed by atoms with Gasteiger partial charge in [0.25, 0.3) is 0 Å². The van der Waals surface area contributed by atoms with Crippen molar-refractivity contribution < 1.29 is 0 Å². The first-order valence-corrected chi connectivity index (χ1v) is 6.17. The summed E-state index contributed by atoms with van der Waals surface area (Å²) in [6, 6.07) is 8.56. The third-order valence-electron chi connectivity index (χ3n) is 2.81. The Morgan fingerprint density at radius 3 is 2.24 bits per heavy atom. The van der Waals surface area contributed by atoms with Crippen molar-refractivity contribution in [2.45, 2.75) is 33.1 Å². The first kappa shape index (κ1) is 11.8. The Kier molecular flexibility index (Phi) is 3.86. The molecule has 0 saturated carbocycles. The van der Waals surface area contributed by atoms with E-state index in [1.165, 1.54) is 18.4 Å². The highest BCUT2D eigenvalue weighted by molar-refractivity contribution is 5.55. The van der Waals surface area contributed by atoms with E-state index in [4.69, 9.17) is 0 Å². The summed E-state index contributed by atoms with van der Waals surface area (Å²) >= 11 is 0. The summed E-state index contributed by atoms with van der Waals surface area (Å²) in [5.74, 6) is 0.803. The Morgan fingerprint density at radius 2 is 1.65 bits per heavy atom. The van der Waals surface area contributed by atoms with Crippen LogP contribution in [0.1, 0.15) is 30.9 Å². The Labute approximate surface area is 103 Å². The van der Waals surface area contributed by atoms with Crippen molar-refractivity contribution >= 4 is 0 Å². The molecule has 0 radical (unpaired) electrons. The molecular weight excluding hydrogens is 208 g/mol. The van der Waals surface area contributed by atoms with E-state index >= 15 is 0 Å². The zero-order chi connectivity index (χ0) is 12.1. The van der Waals surface area contributed by atoms with Gasteiger partial charge in [0.1, 0.15) is 0 Å². The Balaban J connectivity index is 2.14. The number of nitrogens with zero attached hydrogens (tertiary/aromatic N) is 2. The van der Waals surface area contributed by atoms with Crippen LogP contribution in [-0.4, -0.2) is 9.97 Å². The fraction of sp³-hybridized carbons (Fsp3) is 0.333. The highest BCUT2D eigenvalue weighted by Crippen LogP contribution is 2.16. The normalized spacial score (nSPS) is 10.5. The first-order chi connectivity index (χ1) is 8.29. The van der Waals surface area contributed by atoms with Crippen LogP contribution in [0.2, 0.25) is 0 Å². The van der Waals surface area contributed by atoms with Gasteiger partial charge in [0, 0.05) is 18.0 Å². The number of hydrogen-bond donors (Lipinski definition) is 0. The second-order valence-corrected chi connectivity index (χ2v) is 4.38. The van der Waals surface area contributed by atoms with Gasteiger partial charge in [0.05, 0.1) is 0 Å². The minimum atomic E-state index is 0.803. The topological polar surface area (TPSA) is 25.8 Å². The van der Waals surface area contributed by atoms with E-state index in [1.807, 2.05) is 19.3 Å². The zero-order valence-corrected chi connectivity index (χ0v) is 10.5. The standard InChI is InChI=1S/C15H18N2/c1-3-4-5-13-6-8-14(9-7-13)15-16-10-12(2)11-17-15/h6-11H,3-5H2,1-2H3. The summed E-state index contributed by atoms with van der Waals surface area (Å²) in [5.41, 5.74) is 3.57. The van der Waals surface area contributed by atoms with Crippen molar-refractivity contribution in [1.29, 1.82) is 0 Å². The van der Waals surface area contributed by atoms with E-state index in [0.717, 1.165) is 23.4 Å². The highest BCUT2D eigenvalue weighted by Gasteiger charge is 2.00. The highest BCUT2D eigenvalue weighted by atomic mass is 14.9. The number of aromatic nitrogens is 2. The molecule has 0 amide bonds. The molecule has 0 aliphatic carbocycles. The number of unbranched alkanes of at least 4 members (excludes halogenated alkanes) is 1. The molecule has 88 valence electrons. The lowest BCUT2D eigenvalue weighted by Gasteiger charge is -2.03. The van der Waals surface area contributed by atoms with Gasteiger partial charge < -0.3 is 0 Å². The van der Waals surface area contributed by atoms with Crippen LogP contribution in [0.5, 0.6) is 0 Å². The number of benzene rings is 1. The Hall–Kier alpha value is -1.70. The van der Waals surface area contributed by atoms with Crippen LogP contribution in [0.25, 0.3) is 11.4 Å². The third-order valence-corrected chi connectivity index (χ3v) is 2.81. The van der Waals surface area contributed by atoms with Gasteiger partial charge in [0.15, 0.2) is 5.82 Å². The van der Waals surface area contributed by atoms with Crippen LogP contribution in [0.15, 0.2) is 36.7 Å². The van der Waals surface area contributed by atoms with Crippen molar-refractivity contribution in [3.8, 4) is 11.4 Å². The first-order valence-electron chi connectivity index (χ1n) is 6.17. The van der Waals surface area contributed by atoms with Crippen molar-refractivity contribution in [3.05, 3.63) is 47.8 Å². The molecule has 0 aliphatic heterocycles. The third kappa shape index (κ3) is 3.13. The summed E-state index contributed by atoms with van der Waals surface area (Å²) < 4.78 is 0. The van der Waals surface area contributed by atoms with Crippen molar-refractivity contribution in [3.63, 3.8) is 0 Å². The fourth-order valence-electron chi connectivity index (χ4n) is 1.74. The SMILES string of the molecule is CCCCc1ccc(-c2ncc(C)cn2)cc1. The monoisotopic (exact) mass is 226 g/mol. The largest absolute Gasteiger partial charge is 0.236 e. The average Bonchev–Trinajstić information content (AvgIpc) is 2.38. The molecule has 0 unspecified atom stereocenters. The summed E-state index contributed by atoms with van der Waals surface area (Å²) in [6.07, 6.45) is 7.36. The smallest absolute Gasteiger partial charge is 0.159 e. The van der Waals surface area contributed by atoms with Crippen LogP contribution in [-0.2, 0) is 6.42 Å². The number of aryl methyl sites for hydroxylation is 2. The quantitative estimate of drug-likeness (QED) is 0.792. The van der Waals surface area contributed by atoms with E-state index in [2.05, 4.69) is 41.2 Å². The van der Waals surface area contributed by atoms with Crippen LogP contribution in [0, 0.1) is 6.92 Å². The number of hydrogen-bond acceptors (Lipinski definition) is 2. The average molecular weight is 226 g/mol. The lowest BCUT2D eigenvalue weighted by molar-refractivity contribution is 0.795. The van der Waals surface area contributed by atoms with E-state index in [-0.39, 0.29) is 0 Å². The van der Waals surface area contributed by atoms with Gasteiger partial charge in [-0.15, -0.1) is 0 Å². The summed E-state index contributed by atoms with van der Waals surface area (Å²) in [7, 11) is 0. The van der Waals surface area contributed by atoms with Crippen LogP contribution in [0.4, 0.5) is 0 Å². The van der Waals surface area contributed by atoms with Crippen LogP contribution in [0.3, 0.4) is 0 Å². The van der Waals surface area contributed by atoms with Gasteiger partial charge in [-0.3, -0.25) is 0 Å². The van der Waals surface area contributed by atoms with Gasteiger partial charge >= 0.3 is 0 Å². The Morgan fingerprint density at radius 1 is 1.00 bits per heavy atom. The molecule has 0 bridgehead atoms. The minimum Gasteiger partial charge on any atom is -0.236 e. The maximum absolute atomic E-state index is 4.33. The molecular formula is C15H18N2. The van der Waals surface area contributed by atoms with E-state index in [0.29, 0.717) is 0 Å². The number of rotatable bonds is 4. The van der Waals surface area contributed by atoms with Crippen molar-refractivity contribution in [1.82, 2.24) is 9.97 Å². The van der Waals surface area contributed by atoms with E-state index in [9.17, 15) is 0 Å². The predicted molar refractivity (Wildman–Crippen MR) is 70.8 cm³/mol. The lowest BCUT2D eigenvalue weighted by atomic mass is 10.1. The molecule has 1 heterocycles. The van der Waals surface area contributed by atoms with Crippen molar-refractivity contribution in [2.24, 2.45) is 0 Å². The van der Waals surface area contributed by atoms with Gasteiger partial charge in [-0.2, -0.15) is 0 Å². The van der Waals surface area contributed by atoms with Gasteiger partial charge in [-0.1, -0.05) is 37.6 Å². The molecule has 1 aromatic carbocycles. The lowest BCUT2D eigenvalue weighted by Crippen LogP contribution is -1.90. The maximum Gasteiger partial charge on any atom is 0.159 e. The van der Waals surface area contributed by atoms with Crippen LogP contribution >= 0.6 is 0 Å². The van der Waals surface area contributed by atoms with Crippen molar-refractivity contribution in [2.75, 3.05) is 0 Å². The molecule has 0 fully saturated rings. The summed E-state index contributed by atoms with van der Waals surface area (Å²) in [5, 5.41) is 0. The second-order valence-electron chi connectivity index (χ2n) is 4.38. The molecule has 0 aliphatic rings. The van der Waals surface area contributed by atoms with Gasteiger partial charge in [0.2, 0.25) is 0 Å². The molecule has 2 aromatic rings. The molecule has 0 spiro atoms. The van der Waals surface area contributed by atoms with E-state index in [1.54, 1.807) is 0 Å². The van der Waals surface area contributed by atoms with Crippen LogP contribution < -0.4 is 0 Å². The van der Waals surface area contributed by atoms with Gasteiger partial charge in [-0.05, 0) is 30.9 Å². The van der Waals surface area contributed by atoms with Gasteiger partial charge in [-0.25, -0.2) is 9.97 Å². The van der Waals surface area contributed by atoms with E-state index < -0.39 is 0 Å². The Bertz CT molecular complexity index is 457. The molecule has 2 nitrogen and oxygen atoms in total. The fourth-order valence-corrected chi connectivity index (χ4v) is 1.74. The molecule has 0 atom stereocenters. The summed E-state index contributed by atoms with van der Waals surface area (Å²) in [4.78, 5) is 8.66.